The monoisotopic (exact) mass is 390 g/mol. The fourth-order valence-corrected chi connectivity index (χ4v) is 6.56. The lowest BCUT2D eigenvalue weighted by Crippen LogP contribution is -2.58. The van der Waals surface area contributed by atoms with Gasteiger partial charge in [-0.05, 0) is 63.2 Å². The molecule has 0 radical (unpaired) electrons. The van der Waals surface area contributed by atoms with Crippen LogP contribution in [0.4, 0.5) is 0 Å². The maximum atomic E-state index is 4.25. The van der Waals surface area contributed by atoms with E-state index >= 15 is 0 Å². The molecule has 0 spiro atoms. The summed E-state index contributed by atoms with van der Waals surface area (Å²) in [7, 11) is 0. The summed E-state index contributed by atoms with van der Waals surface area (Å²) in [4.78, 5) is 0. The molecule has 2 N–H and O–H groups in total. The van der Waals surface area contributed by atoms with E-state index in [1.807, 2.05) is 0 Å². The number of hydrogen-bond donors (Lipinski definition) is 2. The lowest BCUT2D eigenvalue weighted by atomic mass is 9.78. The zero-order valence-corrected chi connectivity index (χ0v) is 19.2. The SMILES string of the molecule is CCCCC1CCCCC1NC1CCCCC1NC1CCCCC1CCCC. The second-order valence-electron chi connectivity index (χ2n) is 10.4. The van der Waals surface area contributed by atoms with Crippen LogP contribution in [0.15, 0.2) is 0 Å². The number of hydrogen-bond acceptors (Lipinski definition) is 2. The third-order valence-corrected chi connectivity index (χ3v) is 8.30. The van der Waals surface area contributed by atoms with Gasteiger partial charge in [0.15, 0.2) is 0 Å². The van der Waals surface area contributed by atoms with Gasteiger partial charge in [-0.15, -0.1) is 0 Å². The van der Waals surface area contributed by atoms with Crippen LogP contribution in [0.1, 0.15) is 129 Å². The van der Waals surface area contributed by atoms with Crippen LogP contribution in [0, 0.1) is 11.8 Å². The van der Waals surface area contributed by atoms with Crippen molar-refractivity contribution in [3.05, 3.63) is 0 Å². The van der Waals surface area contributed by atoms with Gasteiger partial charge in [0.05, 0.1) is 0 Å². The maximum absolute atomic E-state index is 4.25. The highest BCUT2D eigenvalue weighted by Gasteiger charge is 2.34. The molecule has 164 valence electrons. The molecule has 2 heteroatoms. The number of nitrogens with one attached hydrogen (secondary N) is 2. The van der Waals surface area contributed by atoms with Gasteiger partial charge in [-0.2, -0.15) is 0 Å². The second-order valence-corrected chi connectivity index (χ2v) is 10.4. The van der Waals surface area contributed by atoms with Crippen LogP contribution in [0.5, 0.6) is 0 Å². The van der Waals surface area contributed by atoms with Crippen molar-refractivity contribution >= 4 is 0 Å². The van der Waals surface area contributed by atoms with Crippen molar-refractivity contribution in [3.63, 3.8) is 0 Å². The van der Waals surface area contributed by atoms with E-state index in [1.54, 1.807) is 0 Å². The van der Waals surface area contributed by atoms with Crippen LogP contribution in [0.3, 0.4) is 0 Å². The molecule has 3 aliphatic rings. The lowest BCUT2D eigenvalue weighted by Gasteiger charge is -2.43. The minimum Gasteiger partial charge on any atom is -0.309 e. The summed E-state index contributed by atoms with van der Waals surface area (Å²) >= 11 is 0. The minimum absolute atomic E-state index is 0.731. The Balaban J connectivity index is 1.56. The van der Waals surface area contributed by atoms with Crippen LogP contribution >= 0.6 is 0 Å². The molecule has 3 saturated carbocycles. The van der Waals surface area contributed by atoms with E-state index in [-0.39, 0.29) is 0 Å². The van der Waals surface area contributed by atoms with E-state index in [2.05, 4.69) is 24.5 Å². The van der Waals surface area contributed by atoms with Gasteiger partial charge in [0, 0.05) is 24.2 Å². The first-order valence-electron chi connectivity index (χ1n) is 13.3. The summed E-state index contributed by atoms with van der Waals surface area (Å²) in [6, 6.07) is 3.06. The molecule has 0 saturated heterocycles. The highest BCUT2D eigenvalue weighted by atomic mass is 15.1. The highest BCUT2D eigenvalue weighted by Crippen LogP contribution is 2.33. The van der Waals surface area contributed by atoms with Crippen molar-refractivity contribution in [2.45, 2.75) is 154 Å². The predicted molar refractivity (Wildman–Crippen MR) is 123 cm³/mol. The van der Waals surface area contributed by atoms with Crippen LogP contribution in [-0.2, 0) is 0 Å². The van der Waals surface area contributed by atoms with Gasteiger partial charge in [0.1, 0.15) is 0 Å². The largest absolute Gasteiger partial charge is 0.309 e. The van der Waals surface area contributed by atoms with E-state index in [9.17, 15) is 0 Å². The van der Waals surface area contributed by atoms with E-state index in [4.69, 9.17) is 0 Å². The molecule has 2 nitrogen and oxygen atoms in total. The number of rotatable bonds is 10. The Morgan fingerprint density at radius 2 is 0.857 bits per heavy atom. The first-order valence-corrected chi connectivity index (χ1v) is 13.3. The van der Waals surface area contributed by atoms with Crippen molar-refractivity contribution in [1.29, 1.82) is 0 Å². The molecule has 0 aromatic heterocycles. The summed E-state index contributed by atoms with van der Waals surface area (Å²) in [5, 5.41) is 8.50. The third-order valence-electron chi connectivity index (χ3n) is 8.30. The second kappa shape index (κ2) is 12.6. The molecule has 0 aromatic carbocycles. The van der Waals surface area contributed by atoms with Crippen molar-refractivity contribution in [1.82, 2.24) is 10.6 Å². The molecular weight excluding hydrogens is 340 g/mol. The minimum atomic E-state index is 0.731. The van der Waals surface area contributed by atoms with Gasteiger partial charge in [-0.1, -0.05) is 78.1 Å². The molecular formula is C26H50N2. The summed E-state index contributed by atoms with van der Waals surface area (Å²) in [5.41, 5.74) is 0. The normalized spacial score (nSPS) is 37.1. The van der Waals surface area contributed by atoms with Crippen LogP contribution in [-0.4, -0.2) is 24.2 Å². The molecule has 0 aromatic rings. The quantitative estimate of drug-likeness (QED) is 0.420. The molecule has 0 amide bonds. The summed E-state index contributed by atoms with van der Waals surface area (Å²) < 4.78 is 0. The van der Waals surface area contributed by atoms with Gasteiger partial charge in [0.25, 0.3) is 0 Å². The lowest BCUT2D eigenvalue weighted by molar-refractivity contribution is 0.158. The molecule has 0 bridgehead atoms. The summed E-state index contributed by atoms with van der Waals surface area (Å²) in [6.07, 6.45) is 25.8. The first kappa shape index (κ1) is 22.6. The Morgan fingerprint density at radius 3 is 1.25 bits per heavy atom. The highest BCUT2D eigenvalue weighted by molar-refractivity contribution is 4.94. The van der Waals surface area contributed by atoms with Crippen molar-refractivity contribution in [3.8, 4) is 0 Å². The first-order chi connectivity index (χ1) is 13.8. The van der Waals surface area contributed by atoms with Crippen LogP contribution < -0.4 is 10.6 Å². The molecule has 3 aliphatic carbocycles. The topological polar surface area (TPSA) is 24.1 Å². The zero-order chi connectivity index (χ0) is 19.6. The van der Waals surface area contributed by atoms with E-state index in [0.717, 1.165) is 36.0 Å². The Morgan fingerprint density at radius 1 is 0.500 bits per heavy atom. The van der Waals surface area contributed by atoms with Crippen LogP contribution in [0.2, 0.25) is 0 Å². The fourth-order valence-electron chi connectivity index (χ4n) is 6.56. The fraction of sp³-hybridized carbons (Fsp3) is 1.00. The molecule has 0 aliphatic heterocycles. The summed E-state index contributed by atoms with van der Waals surface area (Å²) in [6.45, 7) is 4.71. The summed E-state index contributed by atoms with van der Waals surface area (Å²) in [5.74, 6) is 1.89. The van der Waals surface area contributed by atoms with Gasteiger partial charge >= 0.3 is 0 Å². The number of unbranched alkanes of at least 4 members (excludes halogenated alkanes) is 2. The average Bonchev–Trinajstić information content (AvgIpc) is 2.74. The Kier molecular flexibility index (Phi) is 10.2. The zero-order valence-electron chi connectivity index (χ0n) is 19.2. The average molecular weight is 391 g/mol. The van der Waals surface area contributed by atoms with Gasteiger partial charge < -0.3 is 10.6 Å². The van der Waals surface area contributed by atoms with E-state index in [0.29, 0.717) is 0 Å². The Hall–Kier alpha value is -0.0800. The Labute approximate surface area is 176 Å². The van der Waals surface area contributed by atoms with Gasteiger partial charge in [-0.3, -0.25) is 0 Å². The van der Waals surface area contributed by atoms with Crippen molar-refractivity contribution < 1.29 is 0 Å². The standard InChI is InChI=1S/C26H50N2/c1-3-5-13-21-15-7-9-17-23(21)27-25-19-11-12-20-26(25)28-24-18-10-8-16-22(24)14-6-4-2/h21-28H,3-20H2,1-2H3. The molecule has 0 heterocycles. The van der Waals surface area contributed by atoms with E-state index < -0.39 is 0 Å². The smallest absolute Gasteiger partial charge is 0.0224 e. The molecule has 28 heavy (non-hydrogen) atoms. The maximum Gasteiger partial charge on any atom is 0.0224 e. The van der Waals surface area contributed by atoms with Gasteiger partial charge in [0.2, 0.25) is 0 Å². The van der Waals surface area contributed by atoms with Crippen LogP contribution in [0.25, 0.3) is 0 Å². The third kappa shape index (κ3) is 6.73. The molecule has 6 atom stereocenters. The van der Waals surface area contributed by atoms with Crippen molar-refractivity contribution in [2.24, 2.45) is 11.8 Å². The Bertz CT molecular complexity index is 371. The van der Waals surface area contributed by atoms with Crippen molar-refractivity contribution in [2.75, 3.05) is 0 Å². The van der Waals surface area contributed by atoms with Gasteiger partial charge in [-0.25, -0.2) is 0 Å². The molecule has 6 unspecified atom stereocenters. The van der Waals surface area contributed by atoms with E-state index in [1.165, 1.54) is 116 Å². The molecule has 3 fully saturated rings. The predicted octanol–water partition coefficient (Wildman–Crippen LogP) is 6.97. The molecule has 3 rings (SSSR count).